The smallest absolute Gasteiger partial charge is 0.234 e. The van der Waals surface area contributed by atoms with Crippen molar-refractivity contribution >= 4 is 17.3 Å². The fourth-order valence-electron chi connectivity index (χ4n) is 2.50. The second-order valence-corrected chi connectivity index (χ2v) is 4.35. The second-order valence-electron chi connectivity index (χ2n) is 4.35. The van der Waals surface area contributed by atoms with Gasteiger partial charge in [-0.15, -0.1) is 0 Å². The van der Waals surface area contributed by atoms with E-state index in [0.29, 0.717) is 16.8 Å². The molecule has 3 rings (SSSR count). The van der Waals surface area contributed by atoms with Crippen LogP contribution in [0.2, 0.25) is 0 Å². The summed E-state index contributed by atoms with van der Waals surface area (Å²) in [6.45, 7) is 1.92. The van der Waals surface area contributed by atoms with Crippen LogP contribution >= 0.6 is 0 Å². The van der Waals surface area contributed by atoms with Gasteiger partial charge >= 0.3 is 0 Å². The molecule has 0 atom stereocenters. The Morgan fingerprint density at radius 3 is 2.47 bits per heavy atom. The number of Topliss-reactive ketones (excluding diaryl/α,β-unsaturated/α-hetero) is 2. The third-order valence-electron chi connectivity index (χ3n) is 3.42. The van der Waals surface area contributed by atoms with Crippen molar-refractivity contribution in [1.29, 1.82) is 0 Å². The molecule has 1 aliphatic carbocycles. The first-order chi connectivity index (χ1) is 9.19. The number of rotatable bonds is 2. The summed E-state index contributed by atoms with van der Waals surface area (Å²) >= 11 is 0. The summed E-state index contributed by atoms with van der Waals surface area (Å²) in [7, 11) is 1.74. The van der Waals surface area contributed by atoms with Gasteiger partial charge in [0.15, 0.2) is 0 Å². The number of ether oxygens (including phenoxy) is 2. The van der Waals surface area contributed by atoms with E-state index in [1.165, 1.54) is 0 Å². The van der Waals surface area contributed by atoms with Gasteiger partial charge in [-0.2, -0.15) is 0 Å². The second kappa shape index (κ2) is 4.12. The Kier molecular flexibility index (Phi) is 2.55. The van der Waals surface area contributed by atoms with E-state index >= 15 is 0 Å². The summed E-state index contributed by atoms with van der Waals surface area (Å²) in [5, 5.41) is 3.01. The number of hydrogen-bond acceptors (Lipinski definition) is 5. The molecular formula is C14H13NO4. The van der Waals surface area contributed by atoms with Crippen LogP contribution in [0, 0.1) is 0 Å². The van der Waals surface area contributed by atoms with Gasteiger partial charge in [-0.1, -0.05) is 13.0 Å². The third-order valence-corrected chi connectivity index (χ3v) is 3.42. The molecule has 0 unspecified atom stereocenters. The highest BCUT2D eigenvalue weighted by molar-refractivity contribution is 6.27. The van der Waals surface area contributed by atoms with Gasteiger partial charge in [-0.25, -0.2) is 0 Å². The lowest BCUT2D eigenvalue weighted by atomic mass is 9.88. The molecule has 1 N–H and O–H groups in total. The minimum Gasteiger partial charge on any atom is -0.449 e. The van der Waals surface area contributed by atoms with E-state index in [9.17, 15) is 9.59 Å². The lowest BCUT2D eigenvalue weighted by molar-refractivity contribution is 0.0601. The molecule has 1 heterocycles. The van der Waals surface area contributed by atoms with Gasteiger partial charge in [0.25, 0.3) is 0 Å². The molecule has 98 valence electrons. The summed E-state index contributed by atoms with van der Waals surface area (Å²) in [5.74, 6) is -0.519. The molecule has 1 aliphatic heterocycles. The molecule has 0 saturated heterocycles. The molecule has 1 aromatic carbocycles. The average Bonchev–Trinajstić information content (AvgIpc) is 2.92. The van der Waals surface area contributed by atoms with E-state index in [2.05, 4.69) is 5.32 Å². The molecule has 2 aliphatic rings. The zero-order valence-corrected chi connectivity index (χ0v) is 10.7. The van der Waals surface area contributed by atoms with Crippen LogP contribution in [0.4, 0.5) is 5.69 Å². The van der Waals surface area contributed by atoms with E-state index in [0.717, 1.165) is 12.0 Å². The normalized spacial score (nSPS) is 16.7. The average molecular weight is 259 g/mol. The van der Waals surface area contributed by atoms with Crippen LogP contribution in [0.3, 0.4) is 0 Å². The molecule has 5 heteroatoms. The summed E-state index contributed by atoms with van der Waals surface area (Å²) < 4.78 is 10.2. The summed E-state index contributed by atoms with van der Waals surface area (Å²) in [6, 6.07) is 3.54. The van der Waals surface area contributed by atoms with Crippen LogP contribution in [-0.4, -0.2) is 25.4 Å². The standard InChI is InChI=1S/C14H13NO4/c1-3-7-4-5-8-9(10(7)15-2)12(17)14-13(11(8)16)18-6-19-14/h4-5,15H,3,6H2,1-2H3. The molecule has 0 radical (unpaired) electrons. The van der Waals surface area contributed by atoms with Crippen molar-refractivity contribution in [3.63, 3.8) is 0 Å². The minimum absolute atomic E-state index is 0.0299. The maximum Gasteiger partial charge on any atom is 0.234 e. The van der Waals surface area contributed by atoms with E-state index in [1.807, 2.05) is 13.0 Å². The van der Waals surface area contributed by atoms with Crippen molar-refractivity contribution in [3.05, 3.63) is 40.3 Å². The zero-order chi connectivity index (χ0) is 13.6. The molecule has 0 amide bonds. The summed E-state index contributed by atoms with van der Waals surface area (Å²) in [5.41, 5.74) is 2.44. The number of nitrogens with one attached hydrogen (secondary N) is 1. The SMILES string of the molecule is CCc1ccc2c(c1NC)C(=O)C1=C(OCO1)C2=O. The molecule has 1 aromatic rings. The van der Waals surface area contributed by atoms with E-state index < -0.39 is 0 Å². The maximum atomic E-state index is 12.4. The van der Waals surface area contributed by atoms with Gasteiger partial charge in [0.1, 0.15) is 0 Å². The maximum absolute atomic E-state index is 12.4. The number of hydrogen-bond donors (Lipinski definition) is 1. The number of aryl methyl sites for hydroxylation is 1. The Labute approximate surface area is 110 Å². The molecule has 0 bridgehead atoms. The van der Waals surface area contributed by atoms with Crippen molar-refractivity contribution in [1.82, 2.24) is 0 Å². The molecule has 0 fully saturated rings. The van der Waals surface area contributed by atoms with E-state index in [1.54, 1.807) is 13.1 Å². The molecule has 19 heavy (non-hydrogen) atoms. The minimum atomic E-state index is -0.291. The van der Waals surface area contributed by atoms with Crippen LogP contribution in [0.25, 0.3) is 0 Å². The molecule has 0 aromatic heterocycles. The zero-order valence-electron chi connectivity index (χ0n) is 10.7. The van der Waals surface area contributed by atoms with Gasteiger partial charge in [0.2, 0.25) is 29.9 Å². The van der Waals surface area contributed by atoms with Crippen LogP contribution in [0.15, 0.2) is 23.7 Å². The Morgan fingerprint density at radius 2 is 1.84 bits per heavy atom. The van der Waals surface area contributed by atoms with Crippen molar-refractivity contribution < 1.29 is 19.1 Å². The van der Waals surface area contributed by atoms with Gasteiger partial charge in [0, 0.05) is 18.3 Å². The molecule has 0 saturated carbocycles. The quantitative estimate of drug-likeness (QED) is 0.878. The summed E-state index contributed by atoms with van der Waals surface area (Å²) in [6.07, 6.45) is 0.772. The predicted octanol–water partition coefficient (Wildman–Crippen LogP) is 1.89. The Morgan fingerprint density at radius 1 is 1.16 bits per heavy atom. The highest BCUT2D eigenvalue weighted by Gasteiger charge is 2.40. The Hall–Kier alpha value is -2.30. The number of allylic oxidation sites excluding steroid dienone is 2. The van der Waals surface area contributed by atoms with Gasteiger partial charge in [-0.05, 0) is 18.1 Å². The van der Waals surface area contributed by atoms with Gasteiger partial charge in [-0.3, -0.25) is 9.59 Å². The van der Waals surface area contributed by atoms with Crippen molar-refractivity contribution in [2.45, 2.75) is 13.3 Å². The number of fused-ring (bicyclic) bond motifs is 1. The van der Waals surface area contributed by atoms with Crippen molar-refractivity contribution in [3.8, 4) is 0 Å². The number of ketones is 2. The first-order valence-electron chi connectivity index (χ1n) is 6.12. The summed E-state index contributed by atoms with van der Waals surface area (Å²) in [4.78, 5) is 24.7. The van der Waals surface area contributed by atoms with Crippen LogP contribution in [0.5, 0.6) is 0 Å². The fraction of sp³-hybridized carbons (Fsp3) is 0.286. The number of carbonyl (C=O) groups is 2. The van der Waals surface area contributed by atoms with Crippen molar-refractivity contribution in [2.24, 2.45) is 0 Å². The largest absolute Gasteiger partial charge is 0.449 e. The Bertz CT molecular complexity index is 631. The molecular weight excluding hydrogens is 246 g/mol. The van der Waals surface area contributed by atoms with Gasteiger partial charge in [0.05, 0.1) is 5.56 Å². The number of anilines is 1. The van der Waals surface area contributed by atoms with E-state index in [-0.39, 0.29) is 29.9 Å². The van der Waals surface area contributed by atoms with Crippen molar-refractivity contribution in [2.75, 3.05) is 19.2 Å². The molecule has 0 spiro atoms. The highest BCUT2D eigenvalue weighted by atomic mass is 16.7. The monoisotopic (exact) mass is 259 g/mol. The number of benzene rings is 1. The number of carbonyl (C=O) groups excluding carboxylic acids is 2. The fourth-order valence-corrected chi connectivity index (χ4v) is 2.50. The van der Waals surface area contributed by atoms with Gasteiger partial charge < -0.3 is 14.8 Å². The van der Waals surface area contributed by atoms with Crippen LogP contribution in [0.1, 0.15) is 33.2 Å². The third kappa shape index (κ3) is 1.47. The first kappa shape index (κ1) is 11.8. The topological polar surface area (TPSA) is 64.6 Å². The van der Waals surface area contributed by atoms with E-state index in [4.69, 9.17) is 9.47 Å². The van der Waals surface area contributed by atoms with Crippen LogP contribution < -0.4 is 5.32 Å². The first-order valence-corrected chi connectivity index (χ1v) is 6.12. The Balaban J connectivity index is 2.27. The molecule has 5 nitrogen and oxygen atoms in total. The lowest BCUT2D eigenvalue weighted by Crippen LogP contribution is -2.22. The van der Waals surface area contributed by atoms with Crippen LogP contribution in [-0.2, 0) is 15.9 Å². The highest BCUT2D eigenvalue weighted by Crippen LogP contribution is 2.36. The lowest BCUT2D eigenvalue weighted by Gasteiger charge is -2.19. The predicted molar refractivity (Wildman–Crippen MR) is 68.1 cm³/mol.